The Morgan fingerprint density at radius 1 is 1.21 bits per heavy atom. The first-order valence-corrected chi connectivity index (χ1v) is 9.38. The molecule has 1 aromatic carbocycles. The maximum atomic E-state index is 12.3. The molecule has 0 amide bonds. The molecule has 3 aromatic rings. The Morgan fingerprint density at radius 3 is 2.75 bits per heavy atom. The molecule has 6 nitrogen and oxygen atoms in total. The molecule has 28 heavy (non-hydrogen) atoms. The summed E-state index contributed by atoms with van der Waals surface area (Å²) in [5, 5.41) is 0.776. The monoisotopic (exact) mass is 379 g/mol. The lowest BCUT2D eigenvalue weighted by Gasteiger charge is -2.32. The van der Waals surface area contributed by atoms with Crippen LogP contribution in [0.15, 0.2) is 51.7 Å². The zero-order chi connectivity index (χ0) is 19.9. The zero-order valence-electron chi connectivity index (χ0n) is 16.3. The summed E-state index contributed by atoms with van der Waals surface area (Å²) in [5.74, 6) is 0.461. The van der Waals surface area contributed by atoms with E-state index < -0.39 is 5.63 Å². The number of pyridine rings is 1. The molecule has 0 saturated carbocycles. The van der Waals surface area contributed by atoms with Gasteiger partial charge < -0.3 is 9.15 Å². The van der Waals surface area contributed by atoms with E-state index in [9.17, 15) is 9.59 Å². The van der Waals surface area contributed by atoms with Crippen LogP contribution in [0.4, 0.5) is 5.82 Å². The van der Waals surface area contributed by atoms with Gasteiger partial charge in [-0.25, -0.2) is 9.59 Å². The van der Waals surface area contributed by atoms with E-state index in [1.54, 1.807) is 0 Å². The molecule has 0 aliphatic carbocycles. The summed E-state index contributed by atoms with van der Waals surface area (Å²) in [6.45, 7) is 2.79. The molecule has 2 atom stereocenters. The van der Waals surface area contributed by atoms with Gasteiger partial charge in [-0.3, -0.25) is 4.48 Å². The predicted molar refractivity (Wildman–Crippen MR) is 108 cm³/mol. The third-order valence-electron chi connectivity index (χ3n) is 5.82. The number of likely N-dealkylation sites (N-methyl/N-ethyl adjacent to an activating group) is 1. The van der Waals surface area contributed by atoms with E-state index >= 15 is 0 Å². The SMILES string of the molecule is COC(=O)C1CCC[N+]1(C)c1ccc2c(-c3ccccc3C)cc(=O)oc2n1. The molecule has 1 saturated heterocycles. The summed E-state index contributed by atoms with van der Waals surface area (Å²) in [6.07, 6.45) is 1.65. The van der Waals surface area contributed by atoms with Crippen molar-refractivity contribution in [3.63, 3.8) is 0 Å². The van der Waals surface area contributed by atoms with Gasteiger partial charge in [0.1, 0.15) is 0 Å². The van der Waals surface area contributed by atoms with Gasteiger partial charge in [-0.05, 0) is 24.1 Å². The first kappa shape index (κ1) is 18.4. The Morgan fingerprint density at radius 2 is 2.00 bits per heavy atom. The van der Waals surface area contributed by atoms with Crippen LogP contribution in [-0.4, -0.2) is 37.7 Å². The lowest BCUT2D eigenvalue weighted by molar-refractivity contribution is -0.145. The van der Waals surface area contributed by atoms with Crippen molar-refractivity contribution in [3.8, 4) is 11.1 Å². The molecule has 1 aliphatic heterocycles. The number of fused-ring (bicyclic) bond motifs is 1. The van der Waals surface area contributed by atoms with Gasteiger partial charge in [-0.2, -0.15) is 4.98 Å². The lowest BCUT2D eigenvalue weighted by atomic mass is 9.99. The minimum atomic E-state index is -0.441. The highest BCUT2D eigenvalue weighted by atomic mass is 16.5. The van der Waals surface area contributed by atoms with E-state index in [0.717, 1.165) is 41.5 Å². The topological polar surface area (TPSA) is 69.4 Å². The molecule has 0 radical (unpaired) electrons. The lowest BCUT2D eigenvalue weighted by Crippen LogP contribution is -2.53. The first-order chi connectivity index (χ1) is 13.4. The van der Waals surface area contributed by atoms with Crippen molar-refractivity contribution in [3.05, 3.63) is 58.4 Å². The van der Waals surface area contributed by atoms with E-state index in [2.05, 4.69) is 4.98 Å². The highest BCUT2D eigenvalue weighted by Crippen LogP contribution is 2.35. The van der Waals surface area contributed by atoms with Crippen molar-refractivity contribution in [2.45, 2.75) is 25.8 Å². The molecular weight excluding hydrogens is 356 g/mol. The maximum Gasteiger partial charge on any atom is 0.365 e. The molecule has 4 rings (SSSR count). The number of benzene rings is 1. The van der Waals surface area contributed by atoms with Crippen LogP contribution in [0, 0.1) is 6.92 Å². The van der Waals surface area contributed by atoms with Crippen LogP contribution in [-0.2, 0) is 9.53 Å². The second kappa shape index (κ2) is 6.87. The molecule has 2 unspecified atom stereocenters. The summed E-state index contributed by atoms with van der Waals surface area (Å²) >= 11 is 0. The van der Waals surface area contributed by atoms with E-state index in [-0.39, 0.29) is 17.7 Å². The minimum Gasteiger partial charge on any atom is -0.465 e. The average molecular weight is 379 g/mol. The average Bonchev–Trinajstić information content (AvgIpc) is 3.09. The third kappa shape index (κ3) is 2.90. The number of nitrogens with zero attached hydrogens (tertiary/aromatic N) is 2. The largest absolute Gasteiger partial charge is 0.465 e. The van der Waals surface area contributed by atoms with Crippen LogP contribution in [0.1, 0.15) is 18.4 Å². The molecular formula is C22H23N2O4+. The number of carbonyl (C=O) groups excluding carboxylic acids is 1. The summed E-state index contributed by atoms with van der Waals surface area (Å²) in [4.78, 5) is 29.2. The number of quaternary nitrogens is 1. The van der Waals surface area contributed by atoms with E-state index in [1.165, 1.54) is 13.2 Å². The standard InChI is InChI=1S/C22H23N2O4/c1-14-7-4-5-8-15(14)17-13-20(25)28-21-16(17)10-11-19(23-21)24(2)12-6-9-18(24)22(26)27-3/h4-5,7-8,10-11,13,18H,6,9,12H2,1-3H3/q+1. The van der Waals surface area contributed by atoms with Crippen LogP contribution < -0.4 is 10.1 Å². The number of ether oxygens (including phenoxy) is 1. The van der Waals surface area contributed by atoms with Gasteiger partial charge in [0.25, 0.3) is 0 Å². The smallest absolute Gasteiger partial charge is 0.365 e. The van der Waals surface area contributed by atoms with Crippen LogP contribution in [0.5, 0.6) is 0 Å². The fraction of sp³-hybridized carbons (Fsp3) is 0.318. The van der Waals surface area contributed by atoms with Crippen LogP contribution in [0.3, 0.4) is 0 Å². The Kier molecular flexibility index (Phi) is 4.51. The van der Waals surface area contributed by atoms with Crippen molar-refractivity contribution in [2.75, 3.05) is 20.7 Å². The Hall–Kier alpha value is -2.99. The Bertz CT molecular complexity index is 1120. The number of likely N-dealkylation sites (tertiary alicyclic amines) is 1. The first-order valence-electron chi connectivity index (χ1n) is 9.38. The number of hydrogen-bond donors (Lipinski definition) is 0. The zero-order valence-corrected chi connectivity index (χ0v) is 16.3. The third-order valence-corrected chi connectivity index (χ3v) is 5.82. The minimum absolute atomic E-state index is 0.239. The molecule has 1 fully saturated rings. The van der Waals surface area contributed by atoms with Crippen LogP contribution >= 0.6 is 0 Å². The fourth-order valence-electron chi connectivity index (χ4n) is 4.23. The number of aryl methyl sites for hydroxylation is 1. The fourth-order valence-corrected chi connectivity index (χ4v) is 4.23. The molecule has 0 spiro atoms. The number of hydrogen-bond acceptors (Lipinski definition) is 5. The number of rotatable bonds is 3. The highest BCUT2D eigenvalue weighted by molar-refractivity contribution is 5.93. The molecule has 6 heteroatoms. The molecule has 1 aliphatic rings. The number of methoxy groups -OCH3 is 1. The van der Waals surface area contributed by atoms with Crippen molar-refractivity contribution >= 4 is 22.9 Å². The van der Waals surface area contributed by atoms with E-state index in [4.69, 9.17) is 9.15 Å². The van der Waals surface area contributed by atoms with Crippen LogP contribution in [0.2, 0.25) is 0 Å². The molecule has 0 N–H and O–H groups in total. The predicted octanol–water partition coefficient (Wildman–Crippen LogP) is 3.44. The molecule has 2 aromatic heterocycles. The highest BCUT2D eigenvalue weighted by Gasteiger charge is 2.46. The maximum absolute atomic E-state index is 12.3. The van der Waals surface area contributed by atoms with Crippen molar-refractivity contribution < 1.29 is 13.9 Å². The summed E-state index contributed by atoms with van der Waals surface area (Å²) in [7, 11) is 3.39. The van der Waals surface area contributed by atoms with Crippen LogP contribution in [0.25, 0.3) is 22.2 Å². The Balaban J connectivity index is 1.88. The molecule has 144 valence electrons. The van der Waals surface area contributed by atoms with Gasteiger partial charge >= 0.3 is 11.6 Å². The van der Waals surface area contributed by atoms with E-state index in [0.29, 0.717) is 10.3 Å². The Labute approximate surface area is 163 Å². The second-order valence-electron chi connectivity index (χ2n) is 7.49. The normalized spacial score (nSPS) is 21.8. The number of carbonyl (C=O) groups is 1. The second-order valence-corrected chi connectivity index (χ2v) is 7.49. The quantitative estimate of drug-likeness (QED) is 0.515. The summed E-state index contributed by atoms with van der Waals surface area (Å²) in [6, 6.07) is 13.0. The number of esters is 1. The van der Waals surface area contributed by atoms with Gasteiger partial charge in [0, 0.05) is 35.9 Å². The van der Waals surface area contributed by atoms with Gasteiger partial charge in [0.05, 0.1) is 20.7 Å². The van der Waals surface area contributed by atoms with Crippen molar-refractivity contribution in [1.82, 2.24) is 9.47 Å². The van der Waals surface area contributed by atoms with Gasteiger partial charge in [-0.15, -0.1) is 0 Å². The summed E-state index contributed by atoms with van der Waals surface area (Å²) in [5.41, 5.74) is 2.70. The van der Waals surface area contributed by atoms with Crippen molar-refractivity contribution in [1.29, 1.82) is 0 Å². The van der Waals surface area contributed by atoms with Crippen molar-refractivity contribution in [2.24, 2.45) is 0 Å². The molecule has 0 bridgehead atoms. The van der Waals surface area contributed by atoms with Gasteiger partial charge in [0.2, 0.25) is 11.5 Å². The van der Waals surface area contributed by atoms with E-state index in [1.807, 2.05) is 50.4 Å². The summed E-state index contributed by atoms with van der Waals surface area (Å²) < 4.78 is 10.8. The van der Waals surface area contributed by atoms with Gasteiger partial charge in [0.15, 0.2) is 6.04 Å². The number of aromatic nitrogens is 1. The van der Waals surface area contributed by atoms with Gasteiger partial charge in [-0.1, -0.05) is 24.3 Å². The molecule has 3 heterocycles.